The fraction of sp³-hybridized carbons (Fsp3) is 0.308. The molecule has 40 heavy (non-hydrogen) atoms. The number of nitrogens with one attached hydrogen (secondary N) is 2. The summed E-state index contributed by atoms with van der Waals surface area (Å²) in [6.07, 6.45) is 1.77. The number of hydrogen-bond donors (Lipinski definition) is 4. The molecule has 0 aliphatic heterocycles. The summed E-state index contributed by atoms with van der Waals surface area (Å²) in [6, 6.07) is 7.27. The van der Waals surface area contributed by atoms with Crippen LogP contribution in [0.15, 0.2) is 36.5 Å². The van der Waals surface area contributed by atoms with Gasteiger partial charge in [0.2, 0.25) is 5.82 Å². The molecule has 3 rings (SSSR count). The van der Waals surface area contributed by atoms with E-state index < -0.39 is 35.8 Å². The molecule has 0 saturated carbocycles. The van der Waals surface area contributed by atoms with E-state index in [2.05, 4.69) is 15.6 Å². The number of aryl methyl sites for hydroxylation is 1. The largest absolute Gasteiger partial charge is 0.481 e. The van der Waals surface area contributed by atoms with Crippen molar-refractivity contribution in [3.8, 4) is 17.0 Å². The van der Waals surface area contributed by atoms with Gasteiger partial charge in [0.05, 0.1) is 25.1 Å². The number of nitrogens with zero attached hydrogens (tertiary/aromatic N) is 2. The highest BCUT2D eigenvalue weighted by Crippen LogP contribution is 2.30. The van der Waals surface area contributed by atoms with Crippen LogP contribution in [0, 0.1) is 11.6 Å². The fourth-order valence-corrected chi connectivity index (χ4v) is 3.75. The molecule has 0 saturated heterocycles. The Morgan fingerprint density at radius 3 is 2.50 bits per heavy atom. The van der Waals surface area contributed by atoms with Gasteiger partial charge in [0, 0.05) is 37.0 Å². The highest BCUT2D eigenvalue weighted by atomic mass is 35.5. The van der Waals surface area contributed by atoms with Gasteiger partial charge >= 0.3 is 0 Å². The summed E-state index contributed by atoms with van der Waals surface area (Å²) in [5.41, 5.74) is 11.9. The topological polar surface area (TPSA) is 164 Å². The van der Waals surface area contributed by atoms with Crippen LogP contribution in [0.5, 0.6) is 5.75 Å². The van der Waals surface area contributed by atoms with E-state index in [9.17, 15) is 23.2 Å². The zero-order chi connectivity index (χ0) is 28.5. The predicted molar refractivity (Wildman–Crippen MR) is 146 cm³/mol. The van der Waals surface area contributed by atoms with Gasteiger partial charge in [0.1, 0.15) is 0 Å². The summed E-state index contributed by atoms with van der Waals surface area (Å²) >= 11 is 0. The molecule has 0 aliphatic carbocycles. The van der Waals surface area contributed by atoms with Gasteiger partial charge in [0.15, 0.2) is 24.0 Å². The molecule has 2 aromatic carbocycles. The van der Waals surface area contributed by atoms with E-state index >= 15 is 0 Å². The van der Waals surface area contributed by atoms with E-state index in [-0.39, 0.29) is 35.4 Å². The summed E-state index contributed by atoms with van der Waals surface area (Å²) in [7, 11) is 1.48. The molecule has 6 N–H and O–H groups in total. The number of carbonyl (C=O) groups excluding carboxylic acids is 3. The number of nitrogens with two attached hydrogens (primary N) is 2. The number of benzene rings is 2. The molecule has 0 atom stereocenters. The third-order valence-electron chi connectivity index (χ3n) is 5.67. The van der Waals surface area contributed by atoms with Crippen LogP contribution in [0.25, 0.3) is 11.3 Å². The Balaban J connectivity index is 0.00000560. The van der Waals surface area contributed by atoms with E-state index in [0.717, 1.165) is 6.07 Å². The minimum atomic E-state index is -1.31. The van der Waals surface area contributed by atoms with Gasteiger partial charge in [-0.05, 0) is 42.3 Å². The van der Waals surface area contributed by atoms with Gasteiger partial charge in [-0.25, -0.2) is 9.37 Å². The summed E-state index contributed by atoms with van der Waals surface area (Å²) in [5.74, 6) is -4.78. The zero-order valence-electron chi connectivity index (χ0n) is 22.0. The fourth-order valence-electron chi connectivity index (χ4n) is 3.75. The highest BCUT2D eigenvalue weighted by molar-refractivity contribution is 6.03. The number of aromatic nitrogens is 2. The molecule has 11 nitrogen and oxygen atoms in total. The van der Waals surface area contributed by atoms with Crippen molar-refractivity contribution in [2.24, 2.45) is 18.5 Å². The number of ether oxygens (including phenoxy) is 2. The van der Waals surface area contributed by atoms with E-state index in [0.29, 0.717) is 49.5 Å². The Bertz CT molecular complexity index is 1370. The van der Waals surface area contributed by atoms with E-state index in [1.807, 2.05) is 6.92 Å². The van der Waals surface area contributed by atoms with Gasteiger partial charge in [-0.1, -0.05) is 6.92 Å². The third kappa shape index (κ3) is 7.74. The second kappa shape index (κ2) is 14.9. The van der Waals surface area contributed by atoms with Crippen molar-refractivity contribution >= 4 is 35.8 Å². The molecule has 0 bridgehead atoms. The maximum absolute atomic E-state index is 14.8. The van der Waals surface area contributed by atoms with Gasteiger partial charge < -0.3 is 36.1 Å². The van der Waals surface area contributed by atoms with E-state index in [1.165, 1.54) is 23.9 Å². The number of rotatable bonds is 13. The average Bonchev–Trinajstić information content (AvgIpc) is 3.30. The summed E-state index contributed by atoms with van der Waals surface area (Å²) in [4.78, 5) is 40.4. The smallest absolute Gasteiger partial charge is 0.291 e. The molecular weight excluding hydrogens is 550 g/mol. The third-order valence-corrected chi connectivity index (χ3v) is 5.67. The zero-order valence-corrected chi connectivity index (χ0v) is 22.8. The number of primary amides is 1. The van der Waals surface area contributed by atoms with Crippen molar-refractivity contribution in [3.63, 3.8) is 0 Å². The monoisotopic (exact) mass is 580 g/mol. The van der Waals surface area contributed by atoms with Gasteiger partial charge in [0.25, 0.3) is 17.7 Å². The van der Waals surface area contributed by atoms with Gasteiger partial charge in [-0.3, -0.25) is 14.4 Å². The first-order valence-electron chi connectivity index (χ1n) is 12.1. The molecule has 0 aliphatic rings. The molecule has 0 radical (unpaired) electrons. The van der Waals surface area contributed by atoms with Crippen molar-refractivity contribution in [2.75, 3.05) is 38.2 Å². The molecule has 0 fully saturated rings. The SMILES string of the molecule is CCc1cc(NC(=O)c2ncc(-c3ccc(OCC(N)=O)c(F)c3F)n2C)ccc1C(=O)NCCOCCN.Cl. The molecule has 1 aromatic heterocycles. The van der Waals surface area contributed by atoms with E-state index in [1.54, 1.807) is 18.2 Å². The standard InChI is InChI=1S/C26H30F2N6O5.ClH/c1-3-15-12-16(4-5-17(15)25(36)31-9-11-38-10-8-29)33-26(37)24-32-13-19(34(24)2)18-6-7-20(23(28)22(18)27)39-14-21(30)35;/h4-7,12-13H,3,8-11,14,29H2,1-2H3,(H2,30,35)(H,31,36)(H,33,37);1H. The van der Waals surface area contributed by atoms with Crippen molar-refractivity contribution in [3.05, 3.63) is 65.1 Å². The summed E-state index contributed by atoms with van der Waals surface area (Å²) in [5, 5.41) is 5.49. The molecule has 14 heteroatoms. The first kappa shape index (κ1) is 32.1. The van der Waals surface area contributed by atoms with Crippen molar-refractivity contribution in [1.82, 2.24) is 14.9 Å². The molecule has 216 valence electrons. The van der Waals surface area contributed by atoms with Crippen LogP contribution in [-0.4, -0.2) is 60.2 Å². The Labute approximate surface area is 235 Å². The molecular formula is C26H31ClF2N6O5. The average molecular weight is 581 g/mol. The lowest BCUT2D eigenvalue weighted by Gasteiger charge is -2.13. The second-order valence-electron chi connectivity index (χ2n) is 8.36. The molecule has 0 spiro atoms. The van der Waals surface area contributed by atoms with Crippen molar-refractivity contribution in [2.45, 2.75) is 13.3 Å². The van der Waals surface area contributed by atoms with Crippen molar-refractivity contribution in [1.29, 1.82) is 0 Å². The Morgan fingerprint density at radius 2 is 1.82 bits per heavy atom. The van der Waals surface area contributed by atoms with Crippen LogP contribution in [0.1, 0.15) is 33.5 Å². The van der Waals surface area contributed by atoms with Gasteiger partial charge in [-0.2, -0.15) is 4.39 Å². The minimum Gasteiger partial charge on any atom is -0.481 e. The lowest BCUT2D eigenvalue weighted by molar-refractivity contribution is -0.120. The number of halogens is 3. The quantitative estimate of drug-likeness (QED) is 0.225. The van der Waals surface area contributed by atoms with E-state index in [4.69, 9.17) is 20.9 Å². The van der Waals surface area contributed by atoms with Crippen LogP contribution in [0.4, 0.5) is 14.5 Å². The maximum Gasteiger partial charge on any atom is 0.291 e. The molecule has 3 amide bonds. The maximum atomic E-state index is 14.8. The van der Waals surface area contributed by atoms with Gasteiger partial charge in [-0.15, -0.1) is 12.4 Å². The lowest BCUT2D eigenvalue weighted by atomic mass is 10.0. The lowest BCUT2D eigenvalue weighted by Crippen LogP contribution is -2.28. The van der Waals surface area contributed by atoms with Crippen LogP contribution in [-0.2, 0) is 23.0 Å². The predicted octanol–water partition coefficient (Wildman–Crippen LogP) is 2.17. The normalized spacial score (nSPS) is 10.5. The summed E-state index contributed by atoms with van der Waals surface area (Å²) < 4.78 is 40.7. The van der Waals surface area contributed by atoms with Crippen LogP contribution in [0.3, 0.4) is 0 Å². The first-order chi connectivity index (χ1) is 18.7. The Hall–Kier alpha value is -4.07. The molecule has 0 unspecified atom stereocenters. The molecule has 3 aromatic rings. The van der Waals surface area contributed by atoms with Crippen molar-refractivity contribution < 1.29 is 32.6 Å². The Morgan fingerprint density at radius 1 is 1.07 bits per heavy atom. The number of hydrogen-bond acceptors (Lipinski definition) is 7. The minimum absolute atomic E-state index is 0. The first-order valence-corrected chi connectivity index (χ1v) is 12.1. The number of amides is 3. The summed E-state index contributed by atoms with van der Waals surface area (Å²) in [6.45, 7) is 2.75. The molecule has 1 heterocycles. The number of carbonyl (C=O) groups is 3. The Kier molecular flexibility index (Phi) is 12.0. The number of anilines is 1. The number of imidazole rings is 1. The van der Waals surface area contributed by atoms with Crippen LogP contribution < -0.4 is 26.8 Å². The highest BCUT2D eigenvalue weighted by Gasteiger charge is 2.22. The van der Waals surface area contributed by atoms with Crippen LogP contribution >= 0.6 is 12.4 Å². The van der Waals surface area contributed by atoms with Crippen LogP contribution in [0.2, 0.25) is 0 Å². The second-order valence-corrected chi connectivity index (χ2v) is 8.36.